The highest BCUT2D eigenvalue weighted by Gasteiger charge is 2.12. The third-order valence-electron chi connectivity index (χ3n) is 3.24. The van der Waals surface area contributed by atoms with Crippen LogP contribution < -0.4 is 9.57 Å². The summed E-state index contributed by atoms with van der Waals surface area (Å²) in [5, 5.41) is 3.86. The van der Waals surface area contributed by atoms with Gasteiger partial charge in [0.1, 0.15) is 5.75 Å². The molecule has 0 unspecified atom stereocenters. The fourth-order valence-electron chi connectivity index (χ4n) is 1.99. The van der Waals surface area contributed by atoms with Crippen LogP contribution in [0.3, 0.4) is 0 Å². The van der Waals surface area contributed by atoms with Crippen molar-refractivity contribution in [3.8, 4) is 5.75 Å². The van der Waals surface area contributed by atoms with Gasteiger partial charge in [0.2, 0.25) is 0 Å². The quantitative estimate of drug-likeness (QED) is 0.625. The van der Waals surface area contributed by atoms with Crippen LogP contribution in [0.25, 0.3) is 0 Å². The molecule has 23 heavy (non-hydrogen) atoms. The van der Waals surface area contributed by atoms with Crippen molar-refractivity contribution in [2.75, 3.05) is 6.61 Å². The third-order valence-corrected chi connectivity index (χ3v) is 4.48. The van der Waals surface area contributed by atoms with Gasteiger partial charge >= 0.3 is 0 Å². The minimum absolute atomic E-state index is 0.0132. The van der Waals surface area contributed by atoms with Gasteiger partial charge in [0.25, 0.3) is 10.0 Å². The SMILES string of the molecule is CCOc1ccc(S(=O)(=O)N/N=C\[C@H](C)c2ccccc2)cc1. The first kappa shape index (κ1) is 17.0. The smallest absolute Gasteiger partial charge is 0.276 e. The number of hydrazone groups is 1. The van der Waals surface area contributed by atoms with Crippen LogP contribution >= 0.6 is 0 Å². The molecule has 6 heteroatoms. The van der Waals surface area contributed by atoms with E-state index in [0.717, 1.165) is 5.56 Å². The van der Waals surface area contributed by atoms with Gasteiger partial charge in [-0.3, -0.25) is 0 Å². The molecule has 0 aliphatic rings. The zero-order valence-corrected chi connectivity index (χ0v) is 14.0. The second-order valence-electron chi connectivity index (χ2n) is 4.98. The fraction of sp³-hybridized carbons (Fsp3) is 0.235. The standard InChI is InChI=1S/C17H20N2O3S/c1-3-22-16-9-11-17(12-10-16)23(20,21)19-18-13-14(2)15-7-5-4-6-8-15/h4-14,19H,3H2,1-2H3/b18-13-/t14-/m0/s1. The first-order valence-corrected chi connectivity index (χ1v) is 8.84. The Balaban J connectivity index is 2.02. The van der Waals surface area contributed by atoms with Gasteiger partial charge in [0.05, 0.1) is 11.5 Å². The Morgan fingerprint density at radius 1 is 1.13 bits per heavy atom. The number of hydrogen-bond acceptors (Lipinski definition) is 4. The molecule has 0 aliphatic heterocycles. The molecule has 2 aromatic rings. The second-order valence-corrected chi connectivity index (χ2v) is 6.64. The zero-order valence-electron chi connectivity index (χ0n) is 13.1. The molecule has 0 radical (unpaired) electrons. The number of hydrogen-bond donors (Lipinski definition) is 1. The molecule has 0 bridgehead atoms. The largest absolute Gasteiger partial charge is 0.494 e. The van der Waals surface area contributed by atoms with E-state index in [1.54, 1.807) is 18.3 Å². The lowest BCUT2D eigenvalue weighted by Gasteiger charge is -2.07. The number of sulfonamides is 1. The molecule has 1 atom stereocenters. The van der Waals surface area contributed by atoms with Crippen LogP contribution in [0.15, 0.2) is 64.6 Å². The zero-order chi connectivity index (χ0) is 16.7. The van der Waals surface area contributed by atoms with E-state index in [1.165, 1.54) is 12.1 Å². The number of nitrogens with zero attached hydrogens (tertiary/aromatic N) is 1. The summed E-state index contributed by atoms with van der Waals surface area (Å²) in [6.07, 6.45) is 1.57. The minimum Gasteiger partial charge on any atom is -0.494 e. The van der Waals surface area contributed by atoms with E-state index in [2.05, 4.69) is 9.93 Å². The van der Waals surface area contributed by atoms with E-state index in [1.807, 2.05) is 44.2 Å². The lowest BCUT2D eigenvalue weighted by atomic mass is 10.0. The molecule has 0 saturated carbocycles. The molecule has 0 amide bonds. The maximum atomic E-state index is 12.2. The van der Waals surface area contributed by atoms with Crippen molar-refractivity contribution < 1.29 is 13.2 Å². The molecular formula is C17H20N2O3S. The number of benzene rings is 2. The molecule has 1 N–H and O–H groups in total. The highest BCUT2D eigenvalue weighted by Crippen LogP contribution is 2.16. The summed E-state index contributed by atoms with van der Waals surface area (Å²) in [6.45, 7) is 4.35. The highest BCUT2D eigenvalue weighted by molar-refractivity contribution is 7.89. The lowest BCUT2D eigenvalue weighted by molar-refractivity contribution is 0.340. The highest BCUT2D eigenvalue weighted by atomic mass is 32.2. The second kappa shape index (κ2) is 7.78. The molecule has 0 aromatic heterocycles. The van der Waals surface area contributed by atoms with E-state index in [-0.39, 0.29) is 10.8 Å². The molecule has 0 spiro atoms. The van der Waals surface area contributed by atoms with Crippen molar-refractivity contribution >= 4 is 16.2 Å². The van der Waals surface area contributed by atoms with Crippen LogP contribution in [0, 0.1) is 0 Å². The van der Waals surface area contributed by atoms with Gasteiger partial charge in [-0.05, 0) is 36.8 Å². The maximum absolute atomic E-state index is 12.2. The Kier molecular flexibility index (Phi) is 5.76. The van der Waals surface area contributed by atoms with Crippen molar-refractivity contribution in [1.82, 2.24) is 4.83 Å². The summed E-state index contributed by atoms with van der Waals surface area (Å²) >= 11 is 0. The first-order chi connectivity index (χ1) is 11.0. The van der Waals surface area contributed by atoms with Gasteiger partial charge in [-0.25, -0.2) is 4.83 Å². The van der Waals surface area contributed by atoms with Crippen molar-refractivity contribution in [3.63, 3.8) is 0 Å². The van der Waals surface area contributed by atoms with Gasteiger partial charge in [-0.1, -0.05) is 37.3 Å². The van der Waals surface area contributed by atoms with Gasteiger partial charge < -0.3 is 4.74 Å². The minimum atomic E-state index is -3.67. The van der Waals surface area contributed by atoms with E-state index in [9.17, 15) is 8.42 Å². The van der Waals surface area contributed by atoms with Crippen LogP contribution in [0.5, 0.6) is 5.75 Å². The summed E-state index contributed by atoms with van der Waals surface area (Å²) in [6, 6.07) is 16.0. The molecule has 0 heterocycles. The van der Waals surface area contributed by atoms with Crippen LogP contribution in [0.2, 0.25) is 0 Å². The molecule has 0 aliphatic carbocycles. The predicted molar refractivity (Wildman–Crippen MR) is 91.3 cm³/mol. The topological polar surface area (TPSA) is 67.8 Å². The van der Waals surface area contributed by atoms with Crippen molar-refractivity contribution in [2.24, 2.45) is 5.10 Å². The summed E-state index contributed by atoms with van der Waals surface area (Å²) in [4.78, 5) is 2.37. The van der Waals surface area contributed by atoms with Crippen molar-refractivity contribution in [3.05, 3.63) is 60.2 Å². The summed E-state index contributed by atoms with van der Waals surface area (Å²) in [5.41, 5.74) is 1.07. The predicted octanol–water partition coefficient (Wildman–Crippen LogP) is 3.15. The number of rotatable bonds is 7. The molecule has 2 rings (SSSR count). The Morgan fingerprint density at radius 3 is 2.39 bits per heavy atom. The molecular weight excluding hydrogens is 312 g/mol. The first-order valence-electron chi connectivity index (χ1n) is 7.35. The van der Waals surface area contributed by atoms with Crippen LogP contribution in [-0.4, -0.2) is 21.2 Å². The number of nitrogens with one attached hydrogen (secondary N) is 1. The molecule has 0 fully saturated rings. The summed E-state index contributed by atoms with van der Waals surface area (Å²) in [7, 11) is -3.67. The van der Waals surface area contributed by atoms with Gasteiger partial charge in [0.15, 0.2) is 0 Å². The Labute approximate surface area is 137 Å². The summed E-state index contributed by atoms with van der Waals surface area (Å²) in [5.74, 6) is 0.645. The van der Waals surface area contributed by atoms with Gasteiger partial charge in [0, 0.05) is 12.1 Å². The van der Waals surface area contributed by atoms with Gasteiger partial charge in [-0.15, -0.1) is 0 Å². The van der Waals surface area contributed by atoms with Crippen LogP contribution in [-0.2, 0) is 10.0 Å². The Morgan fingerprint density at radius 2 is 1.78 bits per heavy atom. The monoisotopic (exact) mass is 332 g/mol. The van der Waals surface area contributed by atoms with E-state index >= 15 is 0 Å². The average Bonchev–Trinajstić information content (AvgIpc) is 2.56. The van der Waals surface area contributed by atoms with Crippen molar-refractivity contribution in [1.29, 1.82) is 0 Å². The summed E-state index contributed by atoms with van der Waals surface area (Å²) < 4.78 is 29.6. The Bertz CT molecular complexity index is 741. The van der Waals surface area contributed by atoms with E-state index in [4.69, 9.17) is 4.74 Å². The Hall–Kier alpha value is -2.34. The molecule has 122 valence electrons. The van der Waals surface area contributed by atoms with Crippen molar-refractivity contribution in [2.45, 2.75) is 24.7 Å². The molecule has 0 saturated heterocycles. The molecule has 5 nitrogen and oxygen atoms in total. The normalized spacial score (nSPS) is 13.0. The third kappa shape index (κ3) is 4.82. The van der Waals surface area contributed by atoms with E-state index < -0.39 is 10.0 Å². The van der Waals surface area contributed by atoms with Gasteiger partial charge in [-0.2, -0.15) is 13.5 Å². The van der Waals surface area contributed by atoms with Crippen LogP contribution in [0.4, 0.5) is 0 Å². The van der Waals surface area contributed by atoms with E-state index in [0.29, 0.717) is 12.4 Å². The maximum Gasteiger partial charge on any atom is 0.276 e. The lowest BCUT2D eigenvalue weighted by Crippen LogP contribution is -2.18. The van der Waals surface area contributed by atoms with Crippen LogP contribution in [0.1, 0.15) is 25.3 Å². The number of ether oxygens (including phenoxy) is 1. The fourth-order valence-corrected chi connectivity index (χ4v) is 2.79. The molecule has 2 aromatic carbocycles. The average molecular weight is 332 g/mol.